The van der Waals surface area contributed by atoms with Gasteiger partial charge in [-0.25, -0.2) is 4.98 Å². The number of hydrogen-bond donors (Lipinski definition) is 3. The fourth-order valence-electron chi connectivity index (χ4n) is 1.89. The number of rotatable bonds is 2. The summed E-state index contributed by atoms with van der Waals surface area (Å²) in [4.78, 5) is 103. The Balaban J connectivity index is 0. The standard InChI is InChI=1S/C10H12FN3O5.3H3O4P/c1-3-6(15)7(16)10(19-3)14-2-4(11)13-5(8(12)17)9(14)18;3*1-5(2,3)4/h2-3,6-7,10,15-16H,1H3,(H2,12,17);3*(H3,1,2,3,4)/p-9. The Morgan fingerprint density at radius 2 is 1.35 bits per heavy atom. The summed E-state index contributed by atoms with van der Waals surface area (Å²) in [6, 6.07) is 0. The number of aromatic nitrogens is 2. The molecule has 0 aliphatic carbocycles. The first kappa shape index (κ1) is 34.7. The highest BCUT2D eigenvalue weighted by Gasteiger charge is 2.42. The van der Waals surface area contributed by atoms with Crippen LogP contribution in [0.5, 0.6) is 0 Å². The molecule has 1 saturated heterocycles. The number of nitrogens with two attached hydrogens (primary N) is 1. The molecule has 1 aliphatic rings. The van der Waals surface area contributed by atoms with Crippen molar-refractivity contribution in [3.63, 3.8) is 0 Å². The third-order valence-electron chi connectivity index (χ3n) is 2.89. The Hall–Kier alpha value is -1.51. The third-order valence-corrected chi connectivity index (χ3v) is 2.89. The van der Waals surface area contributed by atoms with E-state index in [1.54, 1.807) is 0 Å². The lowest BCUT2D eigenvalue weighted by atomic mass is 10.1. The molecule has 0 bridgehead atoms. The number of aliphatic hydroxyl groups excluding tert-OH is 2. The van der Waals surface area contributed by atoms with Gasteiger partial charge in [-0.3, -0.25) is 14.2 Å². The summed E-state index contributed by atoms with van der Waals surface area (Å²) in [7, 11) is -16.2. The molecule has 20 nitrogen and oxygen atoms in total. The zero-order chi connectivity index (χ0) is 27.8. The minimum atomic E-state index is -5.39. The third kappa shape index (κ3) is 17.9. The minimum Gasteiger partial charge on any atom is -0.822 e. The fraction of sp³-hybridized carbons (Fsp3) is 0.500. The predicted octanol–water partition coefficient (Wildman–Crippen LogP) is -10.4. The van der Waals surface area contributed by atoms with Gasteiger partial charge in [-0.05, 0) is 6.92 Å². The van der Waals surface area contributed by atoms with Crippen molar-refractivity contribution in [3.8, 4) is 0 Å². The van der Waals surface area contributed by atoms with Gasteiger partial charge in [-0.2, -0.15) is 27.9 Å². The zero-order valence-electron chi connectivity index (χ0n) is 16.1. The first-order chi connectivity index (χ1) is 14.8. The summed E-state index contributed by atoms with van der Waals surface area (Å²) >= 11 is 0. The van der Waals surface area contributed by atoms with E-state index in [9.17, 15) is 24.2 Å². The number of carbonyl (C=O) groups excluding carboxylic acids is 1. The number of primary amides is 1. The normalized spacial score (nSPS) is 22.3. The summed E-state index contributed by atoms with van der Waals surface area (Å²) < 4.78 is 44.7. The van der Waals surface area contributed by atoms with Crippen molar-refractivity contribution in [2.45, 2.75) is 31.5 Å². The quantitative estimate of drug-likeness (QED) is 0.283. The van der Waals surface area contributed by atoms with E-state index in [-0.39, 0.29) is 0 Å². The molecule has 200 valence electrons. The van der Waals surface area contributed by atoms with Crippen LogP contribution in [-0.2, 0) is 18.4 Å². The highest BCUT2D eigenvalue weighted by molar-refractivity contribution is 7.40. The molecule has 1 aromatic heterocycles. The van der Waals surface area contributed by atoms with Gasteiger partial charge in [0, 0.05) is 0 Å². The number of nitrogens with zero attached hydrogens (tertiary/aromatic N) is 2. The Morgan fingerprint density at radius 3 is 1.62 bits per heavy atom. The van der Waals surface area contributed by atoms with Gasteiger partial charge in [-0.15, -0.1) is 0 Å². The maximum atomic E-state index is 13.3. The molecular weight excluding hydrogens is 546 g/mol. The lowest BCUT2D eigenvalue weighted by Gasteiger charge is -2.36. The molecule has 1 amide bonds. The van der Waals surface area contributed by atoms with Crippen molar-refractivity contribution in [2.75, 3.05) is 0 Å². The van der Waals surface area contributed by atoms with Crippen LogP contribution in [0, 0.1) is 5.95 Å². The van der Waals surface area contributed by atoms with Crippen LogP contribution >= 0.6 is 23.5 Å². The predicted molar refractivity (Wildman–Crippen MR) is 81.4 cm³/mol. The Labute approximate surface area is 187 Å². The number of amides is 1. The topological polar surface area (TPSA) is 386 Å². The van der Waals surface area contributed by atoms with E-state index in [0.29, 0.717) is 10.8 Å². The first-order valence-electron chi connectivity index (χ1n) is 7.62. The number of aliphatic hydroxyl groups is 2. The number of carbonyl (C=O) groups is 1. The monoisotopic (exact) mass is 558 g/mol. The van der Waals surface area contributed by atoms with E-state index in [2.05, 4.69) is 4.98 Å². The van der Waals surface area contributed by atoms with Gasteiger partial charge >= 0.3 is 0 Å². The van der Waals surface area contributed by atoms with Crippen molar-refractivity contribution < 1.29 is 81.9 Å². The highest BCUT2D eigenvalue weighted by atomic mass is 31.2. The molecule has 2 rings (SSSR count). The number of phosphoric acid groups is 3. The second-order valence-electron chi connectivity index (χ2n) is 5.54. The number of halogens is 1. The maximum absolute atomic E-state index is 13.3. The van der Waals surface area contributed by atoms with Crippen LogP contribution < -0.4 is 55.3 Å². The van der Waals surface area contributed by atoms with Gasteiger partial charge in [0.2, 0.25) is 5.95 Å². The van der Waals surface area contributed by atoms with Gasteiger partial charge in [-0.1, -0.05) is 0 Å². The second kappa shape index (κ2) is 13.5. The van der Waals surface area contributed by atoms with Crippen LogP contribution in [0.25, 0.3) is 0 Å². The summed E-state index contributed by atoms with van der Waals surface area (Å²) in [6.07, 6.45) is -4.05. The van der Waals surface area contributed by atoms with E-state index >= 15 is 0 Å². The summed E-state index contributed by atoms with van der Waals surface area (Å²) in [5.41, 5.74) is 3.10. The van der Waals surface area contributed by atoms with Crippen LogP contribution in [0.4, 0.5) is 4.39 Å². The molecule has 34 heavy (non-hydrogen) atoms. The van der Waals surface area contributed by atoms with Crippen molar-refractivity contribution >= 4 is 29.4 Å². The molecular formula is C10H12FN3O17P3-9. The van der Waals surface area contributed by atoms with Crippen molar-refractivity contribution in [1.29, 1.82) is 0 Å². The van der Waals surface area contributed by atoms with E-state index in [0.717, 1.165) is 0 Å². The number of ether oxygens (including phenoxy) is 1. The Morgan fingerprint density at radius 1 is 1.00 bits per heavy atom. The Kier molecular flexibility index (Phi) is 13.8. The van der Waals surface area contributed by atoms with Gasteiger partial charge < -0.3 is 78.4 Å². The fourth-order valence-corrected chi connectivity index (χ4v) is 1.89. The molecule has 4 unspecified atom stereocenters. The van der Waals surface area contributed by atoms with E-state index < -0.39 is 71.1 Å². The average molecular weight is 558 g/mol. The van der Waals surface area contributed by atoms with Crippen molar-refractivity contribution in [3.05, 3.63) is 28.2 Å². The summed E-state index contributed by atoms with van der Waals surface area (Å²) in [6.45, 7) is 1.48. The lowest BCUT2D eigenvalue weighted by molar-refractivity contribution is -0.434. The molecule has 1 aromatic rings. The molecule has 24 heteroatoms. The molecule has 0 saturated carbocycles. The average Bonchev–Trinajstić information content (AvgIpc) is 2.79. The second-order valence-corrected chi connectivity index (χ2v) is 8.23. The van der Waals surface area contributed by atoms with Gasteiger partial charge in [0.05, 0.1) is 12.3 Å². The first-order valence-corrected chi connectivity index (χ1v) is 12.0. The van der Waals surface area contributed by atoms with Crippen LogP contribution in [0.1, 0.15) is 23.6 Å². The van der Waals surface area contributed by atoms with E-state index in [1.807, 2.05) is 0 Å². The summed E-state index contributed by atoms with van der Waals surface area (Å²) in [5, 5.41) is 19.3. The minimum absolute atomic E-state index is 0.653. The van der Waals surface area contributed by atoms with Gasteiger partial charge in [0.15, 0.2) is 11.9 Å². The summed E-state index contributed by atoms with van der Waals surface area (Å²) in [5.74, 6) is -2.32. The van der Waals surface area contributed by atoms with Crippen LogP contribution in [-0.4, -0.2) is 44.0 Å². The van der Waals surface area contributed by atoms with Gasteiger partial charge in [0.25, 0.3) is 11.5 Å². The zero-order valence-corrected chi connectivity index (χ0v) is 18.8. The van der Waals surface area contributed by atoms with E-state index in [4.69, 9.17) is 68.2 Å². The maximum Gasteiger partial charge on any atom is 0.284 e. The highest BCUT2D eigenvalue weighted by Crippen LogP contribution is 2.28. The lowest BCUT2D eigenvalue weighted by Crippen LogP contribution is -2.38. The molecule has 1 aliphatic heterocycles. The molecule has 4 N–H and O–H groups in total. The SMILES string of the molecule is CC1OC(n2cc(F)nc(C(N)=O)c2=O)C(O)C1O.O=P([O-])([O-])[O-].O=P([O-])([O-])[O-].O=P([O-])([O-])[O-]. The molecule has 0 spiro atoms. The molecule has 2 heterocycles. The molecule has 1 fully saturated rings. The molecule has 0 radical (unpaired) electrons. The van der Waals surface area contributed by atoms with Crippen LogP contribution in [0.2, 0.25) is 0 Å². The van der Waals surface area contributed by atoms with E-state index in [1.165, 1.54) is 6.92 Å². The molecule has 0 aromatic carbocycles. The van der Waals surface area contributed by atoms with Crippen LogP contribution in [0.3, 0.4) is 0 Å². The largest absolute Gasteiger partial charge is 0.822 e. The van der Waals surface area contributed by atoms with Crippen molar-refractivity contribution in [1.82, 2.24) is 9.55 Å². The van der Waals surface area contributed by atoms with Gasteiger partial charge in [0.1, 0.15) is 12.2 Å². The van der Waals surface area contributed by atoms with Crippen molar-refractivity contribution in [2.24, 2.45) is 5.73 Å². The smallest absolute Gasteiger partial charge is 0.284 e. The number of hydrogen-bond acceptors (Lipinski definition) is 18. The Bertz CT molecular complexity index is 944. The molecule has 4 atom stereocenters. The van der Waals surface area contributed by atoms with Crippen LogP contribution in [0.15, 0.2) is 11.0 Å².